The summed E-state index contributed by atoms with van der Waals surface area (Å²) in [5.74, 6) is 0. The molecule has 0 spiro atoms. The Bertz CT molecular complexity index is 334. The summed E-state index contributed by atoms with van der Waals surface area (Å²) in [6, 6.07) is 0. The van der Waals surface area contributed by atoms with Gasteiger partial charge in [0.25, 0.3) is 0 Å². The third-order valence-corrected chi connectivity index (χ3v) is 4.71. The van der Waals surface area contributed by atoms with Crippen LogP contribution < -0.4 is 0 Å². The molecule has 1 saturated heterocycles. The number of aliphatic hydroxyl groups excluding tert-OH is 3. The monoisotopic (exact) mass is 358 g/mol. The van der Waals surface area contributed by atoms with Crippen LogP contribution in [0.5, 0.6) is 0 Å². The van der Waals surface area contributed by atoms with Gasteiger partial charge < -0.3 is 24.8 Å². The fourth-order valence-corrected chi connectivity index (χ4v) is 3.00. The van der Waals surface area contributed by atoms with Crippen molar-refractivity contribution in [2.75, 3.05) is 19.8 Å². The van der Waals surface area contributed by atoms with Crippen molar-refractivity contribution in [2.45, 2.75) is 95.5 Å². The summed E-state index contributed by atoms with van der Waals surface area (Å²) in [6.07, 6.45) is 13.2. The van der Waals surface area contributed by atoms with E-state index in [0.29, 0.717) is 6.61 Å². The van der Waals surface area contributed by atoms with E-state index in [1.807, 2.05) is 0 Å². The van der Waals surface area contributed by atoms with Crippen LogP contribution in [0.25, 0.3) is 0 Å². The minimum Gasteiger partial charge on any atom is -0.388 e. The molecule has 1 heterocycles. The molecule has 0 aromatic rings. The van der Waals surface area contributed by atoms with Gasteiger partial charge in [0.05, 0.1) is 19.8 Å². The van der Waals surface area contributed by atoms with E-state index in [2.05, 4.69) is 19.1 Å². The predicted molar refractivity (Wildman–Crippen MR) is 99.6 cm³/mol. The van der Waals surface area contributed by atoms with Crippen LogP contribution in [-0.4, -0.2) is 59.6 Å². The zero-order valence-corrected chi connectivity index (χ0v) is 15.8. The maximum absolute atomic E-state index is 9.78. The van der Waals surface area contributed by atoms with Gasteiger partial charge in [0.15, 0.2) is 0 Å². The Morgan fingerprint density at radius 1 is 0.880 bits per heavy atom. The van der Waals surface area contributed by atoms with E-state index in [4.69, 9.17) is 9.47 Å². The molecule has 1 rings (SSSR count). The van der Waals surface area contributed by atoms with Crippen LogP contribution in [0.4, 0.5) is 0 Å². The Labute approximate surface area is 153 Å². The minimum absolute atomic E-state index is 0.0325. The van der Waals surface area contributed by atoms with E-state index < -0.39 is 24.4 Å². The summed E-state index contributed by atoms with van der Waals surface area (Å²) < 4.78 is 10.8. The lowest BCUT2D eigenvalue weighted by molar-refractivity contribution is -0.199. The van der Waals surface area contributed by atoms with Crippen LogP contribution in [0, 0.1) is 0 Å². The highest BCUT2D eigenvalue weighted by Crippen LogP contribution is 2.16. The molecule has 1 aliphatic heterocycles. The van der Waals surface area contributed by atoms with Gasteiger partial charge in [-0.2, -0.15) is 0 Å². The van der Waals surface area contributed by atoms with Gasteiger partial charge in [-0.15, -0.1) is 0 Å². The maximum Gasteiger partial charge on any atom is 0.111 e. The van der Waals surface area contributed by atoms with Crippen LogP contribution in [0.1, 0.15) is 71.1 Å². The van der Waals surface area contributed by atoms with Gasteiger partial charge in [0.1, 0.15) is 24.4 Å². The Morgan fingerprint density at radius 2 is 1.52 bits per heavy atom. The summed E-state index contributed by atoms with van der Waals surface area (Å²) in [4.78, 5) is 0. The summed E-state index contributed by atoms with van der Waals surface area (Å²) in [7, 11) is 0. The van der Waals surface area contributed by atoms with Crippen molar-refractivity contribution in [3.8, 4) is 0 Å². The first-order valence-electron chi connectivity index (χ1n) is 10.0. The van der Waals surface area contributed by atoms with Gasteiger partial charge in [0, 0.05) is 0 Å². The number of ether oxygens (including phenoxy) is 2. The topological polar surface area (TPSA) is 79.2 Å². The first-order chi connectivity index (χ1) is 12.2. The van der Waals surface area contributed by atoms with Crippen LogP contribution >= 0.6 is 0 Å². The number of aliphatic hydroxyl groups is 3. The van der Waals surface area contributed by atoms with Crippen LogP contribution in [-0.2, 0) is 9.47 Å². The number of hydrogen-bond donors (Lipinski definition) is 3. The van der Waals surface area contributed by atoms with E-state index >= 15 is 0 Å². The van der Waals surface area contributed by atoms with Gasteiger partial charge in [-0.25, -0.2) is 0 Å². The molecule has 0 amide bonds. The third-order valence-electron chi connectivity index (χ3n) is 4.71. The fourth-order valence-electron chi connectivity index (χ4n) is 3.00. The van der Waals surface area contributed by atoms with Crippen molar-refractivity contribution in [3.05, 3.63) is 12.2 Å². The number of hydrogen-bond acceptors (Lipinski definition) is 5. The second-order valence-corrected chi connectivity index (χ2v) is 7.02. The second kappa shape index (κ2) is 14.7. The molecule has 0 aliphatic carbocycles. The van der Waals surface area contributed by atoms with E-state index in [1.165, 1.54) is 51.4 Å². The smallest absolute Gasteiger partial charge is 0.111 e. The molecule has 0 unspecified atom stereocenters. The highest BCUT2D eigenvalue weighted by atomic mass is 16.6. The lowest BCUT2D eigenvalue weighted by atomic mass is 10.0. The van der Waals surface area contributed by atoms with Crippen LogP contribution in [0.3, 0.4) is 0 Å². The predicted octanol–water partition coefficient (Wildman–Crippen LogP) is 2.96. The van der Waals surface area contributed by atoms with E-state index in [1.54, 1.807) is 0 Å². The van der Waals surface area contributed by atoms with Crippen LogP contribution in [0.15, 0.2) is 12.2 Å². The van der Waals surface area contributed by atoms with Gasteiger partial charge >= 0.3 is 0 Å². The molecular weight excluding hydrogens is 320 g/mol. The number of allylic oxidation sites excluding steroid dienone is 1. The van der Waals surface area contributed by atoms with Crippen molar-refractivity contribution in [2.24, 2.45) is 0 Å². The standard InChI is InChI=1S/C20H38O5/c1-2-3-4-5-6-7-8-9-10-11-12-13-14-24-16-18-20(23)19(22)17(21)15-25-18/h11-12,17-23H,2-10,13-16H2,1H3/b12-11+/t17-,18+,19+,20+/m0/s1. The number of unbranched alkanes of at least 4 members (excludes halogenated alkanes) is 8. The van der Waals surface area contributed by atoms with Crippen molar-refractivity contribution in [3.63, 3.8) is 0 Å². The van der Waals surface area contributed by atoms with E-state index in [0.717, 1.165) is 12.8 Å². The molecule has 25 heavy (non-hydrogen) atoms. The quantitative estimate of drug-likeness (QED) is 0.329. The molecule has 148 valence electrons. The SMILES string of the molecule is CCCCCCCCCC/C=C/CCOC[C@H]1OC[C@H](O)[C@@H](O)[C@@H]1O. The largest absolute Gasteiger partial charge is 0.388 e. The Kier molecular flexibility index (Phi) is 13.3. The highest BCUT2D eigenvalue weighted by molar-refractivity contribution is 4.86. The second-order valence-electron chi connectivity index (χ2n) is 7.02. The van der Waals surface area contributed by atoms with Gasteiger partial charge in [0.2, 0.25) is 0 Å². The molecule has 1 fully saturated rings. The average Bonchev–Trinajstić information content (AvgIpc) is 2.61. The molecule has 5 nitrogen and oxygen atoms in total. The van der Waals surface area contributed by atoms with Crippen molar-refractivity contribution < 1.29 is 24.8 Å². The molecule has 0 saturated carbocycles. The molecule has 4 atom stereocenters. The maximum atomic E-state index is 9.78. The molecular formula is C20H38O5. The Hall–Kier alpha value is -0.460. The Balaban J connectivity index is 1.89. The van der Waals surface area contributed by atoms with Gasteiger partial charge in [-0.05, 0) is 19.3 Å². The van der Waals surface area contributed by atoms with Crippen molar-refractivity contribution in [1.29, 1.82) is 0 Å². The molecule has 0 aromatic heterocycles. The zero-order valence-electron chi connectivity index (χ0n) is 15.8. The highest BCUT2D eigenvalue weighted by Gasteiger charge is 2.37. The zero-order chi connectivity index (χ0) is 18.3. The molecule has 0 bridgehead atoms. The Morgan fingerprint density at radius 3 is 2.24 bits per heavy atom. The number of rotatable bonds is 14. The summed E-state index contributed by atoms with van der Waals surface area (Å²) >= 11 is 0. The lowest BCUT2D eigenvalue weighted by Crippen LogP contribution is -2.54. The molecule has 5 heteroatoms. The summed E-state index contributed by atoms with van der Waals surface area (Å²) in [5.41, 5.74) is 0. The summed E-state index contributed by atoms with van der Waals surface area (Å²) in [5, 5.41) is 28.7. The van der Waals surface area contributed by atoms with Gasteiger partial charge in [-0.3, -0.25) is 0 Å². The molecule has 0 radical (unpaired) electrons. The van der Waals surface area contributed by atoms with Crippen molar-refractivity contribution >= 4 is 0 Å². The molecule has 3 N–H and O–H groups in total. The molecule has 1 aliphatic rings. The third kappa shape index (κ3) is 10.3. The van der Waals surface area contributed by atoms with Crippen LogP contribution in [0.2, 0.25) is 0 Å². The van der Waals surface area contributed by atoms with Crippen molar-refractivity contribution in [1.82, 2.24) is 0 Å². The minimum atomic E-state index is -1.16. The average molecular weight is 359 g/mol. The molecule has 0 aromatic carbocycles. The van der Waals surface area contributed by atoms with E-state index in [-0.39, 0.29) is 13.2 Å². The first kappa shape index (κ1) is 22.6. The lowest BCUT2D eigenvalue weighted by Gasteiger charge is -2.35. The first-order valence-corrected chi connectivity index (χ1v) is 10.0. The summed E-state index contributed by atoms with van der Waals surface area (Å²) in [6.45, 7) is 3.08. The van der Waals surface area contributed by atoms with Gasteiger partial charge in [-0.1, -0.05) is 64.0 Å². The van der Waals surface area contributed by atoms with E-state index in [9.17, 15) is 15.3 Å². The fraction of sp³-hybridized carbons (Fsp3) is 0.900. The normalized spacial score (nSPS) is 27.2.